The van der Waals surface area contributed by atoms with Crippen molar-refractivity contribution in [3.05, 3.63) is 46.4 Å². The SMILES string of the molecule is CC(C)(O)CNC(=O)Cc1csc(COc2ccccc2)n1. The number of hydrogen-bond acceptors (Lipinski definition) is 5. The molecule has 1 amide bonds. The second-order valence-electron chi connectivity index (χ2n) is 5.60. The highest BCUT2D eigenvalue weighted by molar-refractivity contribution is 7.09. The first-order valence-corrected chi connectivity index (χ1v) is 7.90. The van der Waals surface area contributed by atoms with Gasteiger partial charge in [0.15, 0.2) is 0 Å². The molecule has 0 atom stereocenters. The quantitative estimate of drug-likeness (QED) is 0.820. The van der Waals surface area contributed by atoms with Crippen LogP contribution in [0, 0.1) is 0 Å². The Morgan fingerprint density at radius 1 is 1.36 bits per heavy atom. The van der Waals surface area contributed by atoms with Crippen LogP contribution in [0.3, 0.4) is 0 Å². The van der Waals surface area contributed by atoms with E-state index in [0.717, 1.165) is 10.8 Å². The Morgan fingerprint density at radius 3 is 2.77 bits per heavy atom. The molecule has 0 bridgehead atoms. The van der Waals surface area contributed by atoms with Gasteiger partial charge >= 0.3 is 0 Å². The van der Waals surface area contributed by atoms with Gasteiger partial charge in [0.1, 0.15) is 17.4 Å². The number of para-hydroxylation sites is 1. The Bertz CT molecular complexity index is 605. The minimum atomic E-state index is -0.910. The van der Waals surface area contributed by atoms with E-state index in [2.05, 4.69) is 10.3 Å². The number of thiazole rings is 1. The van der Waals surface area contributed by atoms with Gasteiger partial charge in [-0.3, -0.25) is 4.79 Å². The Kier molecular flexibility index (Phi) is 5.51. The van der Waals surface area contributed by atoms with Crippen LogP contribution in [-0.4, -0.2) is 28.1 Å². The van der Waals surface area contributed by atoms with Crippen LogP contribution in [-0.2, 0) is 17.8 Å². The number of nitrogens with zero attached hydrogens (tertiary/aromatic N) is 1. The van der Waals surface area contributed by atoms with E-state index in [1.807, 2.05) is 35.7 Å². The molecule has 6 heteroatoms. The lowest BCUT2D eigenvalue weighted by molar-refractivity contribution is -0.121. The zero-order chi connectivity index (χ0) is 16.0. The molecule has 2 N–H and O–H groups in total. The summed E-state index contributed by atoms with van der Waals surface area (Å²) in [5.74, 6) is 0.644. The standard InChI is InChI=1S/C16H20N2O3S/c1-16(2,20)11-17-14(19)8-12-10-22-15(18-12)9-21-13-6-4-3-5-7-13/h3-7,10,20H,8-9,11H2,1-2H3,(H,17,19). The average Bonchev–Trinajstić information content (AvgIpc) is 2.91. The summed E-state index contributed by atoms with van der Waals surface area (Å²) in [4.78, 5) is 16.1. The van der Waals surface area contributed by atoms with Gasteiger partial charge in [-0.1, -0.05) is 18.2 Å². The highest BCUT2D eigenvalue weighted by atomic mass is 32.1. The topological polar surface area (TPSA) is 71.5 Å². The van der Waals surface area contributed by atoms with Gasteiger partial charge in [-0.2, -0.15) is 0 Å². The molecule has 2 rings (SSSR count). The molecule has 0 aliphatic rings. The minimum Gasteiger partial charge on any atom is -0.486 e. The summed E-state index contributed by atoms with van der Waals surface area (Å²) in [5.41, 5.74) is -0.197. The van der Waals surface area contributed by atoms with Crippen LogP contribution in [0.2, 0.25) is 0 Å². The summed E-state index contributed by atoms with van der Waals surface area (Å²) in [5, 5.41) is 14.9. The van der Waals surface area contributed by atoms with Crippen LogP contribution >= 0.6 is 11.3 Å². The number of hydrogen-bond donors (Lipinski definition) is 2. The van der Waals surface area contributed by atoms with Gasteiger partial charge in [0.25, 0.3) is 0 Å². The molecule has 0 unspecified atom stereocenters. The van der Waals surface area contributed by atoms with E-state index in [9.17, 15) is 9.90 Å². The normalized spacial score (nSPS) is 11.2. The second-order valence-corrected chi connectivity index (χ2v) is 6.54. The van der Waals surface area contributed by atoms with Crippen LogP contribution in [0.1, 0.15) is 24.5 Å². The molecule has 1 aromatic carbocycles. The number of carbonyl (C=O) groups is 1. The highest BCUT2D eigenvalue weighted by Crippen LogP contribution is 2.15. The van der Waals surface area contributed by atoms with Crippen molar-refractivity contribution in [1.82, 2.24) is 10.3 Å². The van der Waals surface area contributed by atoms with Crippen molar-refractivity contribution in [2.45, 2.75) is 32.5 Å². The highest BCUT2D eigenvalue weighted by Gasteiger charge is 2.15. The summed E-state index contributed by atoms with van der Waals surface area (Å²) >= 11 is 1.47. The van der Waals surface area contributed by atoms with Gasteiger partial charge < -0.3 is 15.2 Å². The van der Waals surface area contributed by atoms with E-state index in [1.165, 1.54) is 11.3 Å². The van der Waals surface area contributed by atoms with Crippen molar-refractivity contribution in [2.75, 3.05) is 6.54 Å². The number of carbonyl (C=O) groups excluding carboxylic acids is 1. The summed E-state index contributed by atoms with van der Waals surface area (Å²) in [6, 6.07) is 9.53. The van der Waals surface area contributed by atoms with Crippen molar-refractivity contribution in [1.29, 1.82) is 0 Å². The molecule has 22 heavy (non-hydrogen) atoms. The fraction of sp³-hybridized carbons (Fsp3) is 0.375. The molecule has 2 aromatic rings. The van der Waals surface area contributed by atoms with Crippen LogP contribution in [0.25, 0.3) is 0 Å². The van der Waals surface area contributed by atoms with E-state index >= 15 is 0 Å². The van der Waals surface area contributed by atoms with Gasteiger partial charge in [-0.15, -0.1) is 11.3 Å². The molecule has 0 radical (unpaired) electrons. The second kappa shape index (κ2) is 7.38. The third-order valence-corrected chi connectivity index (χ3v) is 3.64. The Morgan fingerprint density at radius 2 is 2.09 bits per heavy atom. The molecule has 5 nitrogen and oxygen atoms in total. The van der Waals surface area contributed by atoms with Crippen molar-refractivity contribution in [2.24, 2.45) is 0 Å². The number of aromatic nitrogens is 1. The number of ether oxygens (including phenoxy) is 1. The van der Waals surface area contributed by atoms with E-state index in [4.69, 9.17) is 4.74 Å². The maximum atomic E-state index is 11.8. The maximum absolute atomic E-state index is 11.8. The number of nitrogens with one attached hydrogen (secondary N) is 1. The molecule has 1 aromatic heterocycles. The first-order valence-electron chi connectivity index (χ1n) is 7.02. The smallest absolute Gasteiger partial charge is 0.226 e. The number of amides is 1. The molecule has 0 aliphatic carbocycles. The predicted molar refractivity (Wildman–Crippen MR) is 85.9 cm³/mol. The molecule has 0 aliphatic heterocycles. The number of benzene rings is 1. The lowest BCUT2D eigenvalue weighted by Gasteiger charge is -2.17. The fourth-order valence-corrected chi connectivity index (χ4v) is 2.41. The Hall–Kier alpha value is -1.92. The van der Waals surface area contributed by atoms with Gasteiger partial charge in [0.05, 0.1) is 17.7 Å². The van der Waals surface area contributed by atoms with Gasteiger partial charge in [-0.25, -0.2) is 4.98 Å². The third-order valence-electron chi connectivity index (χ3n) is 2.76. The van der Waals surface area contributed by atoms with Crippen LogP contribution in [0.5, 0.6) is 5.75 Å². The summed E-state index contributed by atoms with van der Waals surface area (Å²) < 4.78 is 5.62. The van der Waals surface area contributed by atoms with Crippen LogP contribution in [0.4, 0.5) is 0 Å². The van der Waals surface area contributed by atoms with Crippen molar-refractivity contribution < 1.29 is 14.6 Å². The minimum absolute atomic E-state index is 0.150. The van der Waals surface area contributed by atoms with Crippen LogP contribution in [0.15, 0.2) is 35.7 Å². The summed E-state index contributed by atoms with van der Waals surface area (Å²) in [7, 11) is 0. The first kappa shape index (κ1) is 16.5. The summed E-state index contributed by atoms with van der Waals surface area (Å²) in [6.45, 7) is 3.91. The molecule has 1 heterocycles. The van der Waals surface area contributed by atoms with Gasteiger partial charge in [-0.05, 0) is 26.0 Å². The fourth-order valence-electron chi connectivity index (χ4n) is 1.70. The maximum Gasteiger partial charge on any atom is 0.226 e. The van der Waals surface area contributed by atoms with Crippen molar-refractivity contribution >= 4 is 17.2 Å². The largest absolute Gasteiger partial charge is 0.486 e. The Balaban J connectivity index is 1.80. The zero-order valence-corrected chi connectivity index (χ0v) is 13.5. The van der Waals surface area contributed by atoms with Crippen molar-refractivity contribution in [3.8, 4) is 5.75 Å². The molecule has 0 saturated carbocycles. The molecule has 0 spiro atoms. The van der Waals surface area contributed by atoms with Crippen molar-refractivity contribution in [3.63, 3.8) is 0 Å². The van der Waals surface area contributed by atoms with Gasteiger partial charge in [0.2, 0.25) is 5.91 Å². The Labute approximate surface area is 134 Å². The first-order chi connectivity index (χ1) is 10.4. The number of aliphatic hydroxyl groups is 1. The third kappa shape index (κ3) is 5.83. The lowest BCUT2D eigenvalue weighted by Crippen LogP contribution is -2.38. The van der Waals surface area contributed by atoms with Gasteiger partial charge in [0, 0.05) is 11.9 Å². The average molecular weight is 320 g/mol. The van der Waals surface area contributed by atoms with E-state index in [-0.39, 0.29) is 18.9 Å². The molecular weight excluding hydrogens is 300 g/mol. The van der Waals surface area contributed by atoms with Crippen LogP contribution < -0.4 is 10.1 Å². The molecule has 0 fully saturated rings. The monoisotopic (exact) mass is 320 g/mol. The van der Waals surface area contributed by atoms with E-state index < -0.39 is 5.60 Å². The molecule has 0 saturated heterocycles. The predicted octanol–water partition coefficient (Wildman–Crippen LogP) is 2.15. The molecular formula is C16H20N2O3S. The summed E-state index contributed by atoms with van der Waals surface area (Å²) in [6.07, 6.45) is 0.206. The number of rotatable bonds is 7. The molecule has 118 valence electrons. The van der Waals surface area contributed by atoms with E-state index in [0.29, 0.717) is 12.3 Å². The van der Waals surface area contributed by atoms with E-state index in [1.54, 1.807) is 13.8 Å². The zero-order valence-electron chi connectivity index (χ0n) is 12.7. The lowest BCUT2D eigenvalue weighted by atomic mass is 10.1.